The van der Waals surface area contributed by atoms with Gasteiger partial charge in [-0.15, -0.1) is 0 Å². The molecule has 0 aliphatic rings. The third-order valence-corrected chi connectivity index (χ3v) is 5.82. The maximum atomic E-state index is 6.03. The number of rotatable bonds is 14. The SMILES string of the molecule is CC(C)[C@@H](COCc1cccc(COC[C@@H](N=Cc2ccccn2)C(C)C)c1)N=Cc1ccccn1. The fourth-order valence-corrected chi connectivity index (χ4v) is 3.47. The largest absolute Gasteiger partial charge is 0.375 e. The Hall–Kier alpha value is -3.22. The van der Waals surface area contributed by atoms with Gasteiger partial charge in [-0.3, -0.25) is 20.0 Å². The van der Waals surface area contributed by atoms with E-state index in [4.69, 9.17) is 19.5 Å². The molecule has 0 aliphatic carbocycles. The van der Waals surface area contributed by atoms with Crippen molar-refractivity contribution in [3.05, 3.63) is 95.6 Å². The van der Waals surface area contributed by atoms with Crippen molar-refractivity contribution in [1.82, 2.24) is 9.97 Å². The van der Waals surface area contributed by atoms with E-state index in [-0.39, 0.29) is 12.1 Å². The van der Waals surface area contributed by atoms with Crippen LogP contribution >= 0.6 is 0 Å². The minimum Gasteiger partial charge on any atom is -0.375 e. The van der Waals surface area contributed by atoms with Crippen LogP contribution in [-0.2, 0) is 22.7 Å². The highest BCUT2D eigenvalue weighted by Crippen LogP contribution is 2.13. The van der Waals surface area contributed by atoms with Gasteiger partial charge in [0.1, 0.15) is 0 Å². The average molecular weight is 487 g/mol. The van der Waals surface area contributed by atoms with E-state index in [0.29, 0.717) is 38.3 Å². The van der Waals surface area contributed by atoms with Crippen molar-refractivity contribution in [3.63, 3.8) is 0 Å². The molecule has 1 aromatic carbocycles. The zero-order chi connectivity index (χ0) is 25.6. The third kappa shape index (κ3) is 9.80. The number of ether oxygens (including phenoxy) is 2. The Bertz CT molecular complexity index is 986. The van der Waals surface area contributed by atoms with Crippen molar-refractivity contribution >= 4 is 12.4 Å². The molecule has 0 saturated heterocycles. The summed E-state index contributed by atoms with van der Waals surface area (Å²) in [5.74, 6) is 0.748. The summed E-state index contributed by atoms with van der Waals surface area (Å²) in [4.78, 5) is 18.0. The van der Waals surface area contributed by atoms with E-state index in [2.05, 4.69) is 61.9 Å². The molecule has 190 valence electrons. The maximum Gasteiger partial charge on any atom is 0.0807 e. The van der Waals surface area contributed by atoms with Crippen molar-refractivity contribution < 1.29 is 9.47 Å². The predicted molar refractivity (Wildman–Crippen MR) is 147 cm³/mol. The molecule has 2 atom stereocenters. The number of pyridine rings is 2. The van der Waals surface area contributed by atoms with E-state index in [1.807, 2.05) is 48.8 Å². The second-order valence-corrected chi connectivity index (χ2v) is 9.54. The number of aromatic nitrogens is 2. The molecule has 2 heterocycles. The van der Waals surface area contributed by atoms with Gasteiger partial charge in [0.05, 0.1) is 49.9 Å². The highest BCUT2D eigenvalue weighted by atomic mass is 16.5. The van der Waals surface area contributed by atoms with E-state index >= 15 is 0 Å². The molecule has 2 aromatic heterocycles. The molecule has 0 aliphatic heterocycles. The van der Waals surface area contributed by atoms with E-state index < -0.39 is 0 Å². The summed E-state index contributed by atoms with van der Waals surface area (Å²) in [5.41, 5.74) is 3.97. The number of aliphatic imine (C=N–C) groups is 2. The molecule has 6 heteroatoms. The van der Waals surface area contributed by atoms with Crippen LogP contribution in [0, 0.1) is 11.8 Å². The summed E-state index contributed by atoms with van der Waals surface area (Å²) in [6.45, 7) is 10.8. The van der Waals surface area contributed by atoms with Gasteiger partial charge >= 0.3 is 0 Å². The van der Waals surface area contributed by atoms with Crippen LogP contribution in [0.15, 0.2) is 83.0 Å². The van der Waals surface area contributed by atoms with Crippen molar-refractivity contribution in [2.24, 2.45) is 21.8 Å². The van der Waals surface area contributed by atoms with Crippen molar-refractivity contribution in [3.8, 4) is 0 Å². The first-order chi connectivity index (χ1) is 17.5. The van der Waals surface area contributed by atoms with E-state index in [9.17, 15) is 0 Å². The van der Waals surface area contributed by atoms with Crippen LogP contribution in [-0.4, -0.2) is 47.7 Å². The Kier molecular flexibility index (Phi) is 11.4. The topological polar surface area (TPSA) is 69.0 Å². The van der Waals surface area contributed by atoms with Crippen LogP contribution in [0.25, 0.3) is 0 Å². The molecule has 0 radical (unpaired) electrons. The van der Waals surface area contributed by atoms with Crippen LogP contribution in [0.1, 0.15) is 50.2 Å². The van der Waals surface area contributed by atoms with Gasteiger partial charge in [-0.05, 0) is 47.2 Å². The minimum atomic E-state index is 0.0816. The molecule has 0 bridgehead atoms. The molecule has 0 amide bonds. The molecule has 36 heavy (non-hydrogen) atoms. The Balaban J connectivity index is 1.46. The summed E-state index contributed by atoms with van der Waals surface area (Å²) in [7, 11) is 0. The van der Waals surface area contributed by atoms with Gasteiger partial charge in [-0.2, -0.15) is 0 Å². The molecular formula is C30H38N4O2. The smallest absolute Gasteiger partial charge is 0.0807 e. The molecule has 3 aromatic rings. The highest BCUT2D eigenvalue weighted by molar-refractivity contribution is 5.77. The van der Waals surface area contributed by atoms with Crippen LogP contribution in [0.3, 0.4) is 0 Å². The second-order valence-electron chi connectivity index (χ2n) is 9.54. The summed E-state index contributed by atoms with van der Waals surface area (Å²) in [5, 5.41) is 0. The summed E-state index contributed by atoms with van der Waals surface area (Å²) in [6.07, 6.45) is 7.21. The molecule has 6 nitrogen and oxygen atoms in total. The van der Waals surface area contributed by atoms with E-state index in [1.165, 1.54) is 0 Å². The molecular weight excluding hydrogens is 448 g/mol. The quantitative estimate of drug-likeness (QED) is 0.270. The Morgan fingerprint density at radius 2 is 1.14 bits per heavy atom. The van der Waals surface area contributed by atoms with Crippen molar-refractivity contribution in [2.45, 2.75) is 53.0 Å². The van der Waals surface area contributed by atoms with Gasteiger partial charge in [0.15, 0.2) is 0 Å². The van der Waals surface area contributed by atoms with Crippen LogP contribution in [0.2, 0.25) is 0 Å². The standard InChI is InChI=1S/C30H38N4O2/c1-23(2)29(33-17-27-12-5-7-14-31-27)21-35-19-25-10-9-11-26(16-25)20-36-22-30(24(3)4)34-18-28-13-6-8-15-32-28/h5-18,23-24,29-30H,19-22H2,1-4H3/t29-,30-/m1/s1. The van der Waals surface area contributed by atoms with Crippen molar-refractivity contribution in [2.75, 3.05) is 13.2 Å². The van der Waals surface area contributed by atoms with Crippen LogP contribution < -0.4 is 0 Å². The summed E-state index contributed by atoms with van der Waals surface area (Å²) in [6, 6.07) is 20.2. The number of hydrogen-bond donors (Lipinski definition) is 0. The van der Waals surface area contributed by atoms with Crippen molar-refractivity contribution in [1.29, 1.82) is 0 Å². The zero-order valence-electron chi connectivity index (χ0n) is 21.8. The first-order valence-electron chi connectivity index (χ1n) is 12.6. The van der Waals surface area contributed by atoms with Gasteiger partial charge in [0, 0.05) is 24.8 Å². The Morgan fingerprint density at radius 3 is 1.53 bits per heavy atom. The molecule has 0 N–H and O–H groups in total. The molecule has 0 saturated carbocycles. The lowest BCUT2D eigenvalue weighted by Gasteiger charge is -2.17. The fourth-order valence-electron chi connectivity index (χ4n) is 3.47. The average Bonchev–Trinajstić information content (AvgIpc) is 2.89. The minimum absolute atomic E-state index is 0.0816. The lowest BCUT2D eigenvalue weighted by Crippen LogP contribution is -2.20. The van der Waals surface area contributed by atoms with Gasteiger partial charge < -0.3 is 9.47 Å². The van der Waals surface area contributed by atoms with E-state index in [1.54, 1.807) is 12.4 Å². The number of hydrogen-bond acceptors (Lipinski definition) is 6. The normalized spacial score (nSPS) is 13.7. The maximum absolute atomic E-state index is 6.03. The number of benzene rings is 1. The summed E-state index contributed by atoms with van der Waals surface area (Å²) >= 11 is 0. The Labute approximate surface area is 215 Å². The monoisotopic (exact) mass is 486 g/mol. The van der Waals surface area contributed by atoms with E-state index in [0.717, 1.165) is 22.5 Å². The zero-order valence-corrected chi connectivity index (χ0v) is 21.8. The van der Waals surface area contributed by atoms with Crippen LogP contribution in [0.5, 0.6) is 0 Å². The lowest BCUT2D eigenvalue weighted by molar-refractivity contribution is 0.0947. The van der Waals surface area contributed by atoms with Crippen LogP contribution in [0.4, 0.5) is 0 Å². The first kappa shape index (κ1) is 27.4. The molecule has 3 rings (SSSR count). The third-order valence-electron chi connectivity index (χ3n) is 5.82. The molecule has 0 unspecified atom stereocenters. The van der Waals surface area contributed by atoms with Gasteiger partial charge in [0.25, 0.3) is 0 Å². The lowest BCUT2D eigenvalue weighted by atomic mass is 10.1. The Morgan fingerprint density at radius 1 is 0.667 bits per heavy atom. The number of nitrogens with zero attached hydrogens (tertiary/aromatic N) is 4. The first-order valence-corrected chi connectivity index (χ1v) is 12.6. The summed E-state index contributed by atoms with van der Waals surface area (Å²) < 4.78 is 12.1. The molecule has 0 spiro atoms. The highest BCUT2D eigenvalue weighted by Gasteiger charge is 2.13. The van der Waals surface area contributed by atoms with Gasteiger partial charge in [0.2, 0.25) is 0 Å². The van der Waals surface area contributed by atoms with Gasteiger partial charge in [-0.1, -0.05) is 64.1 Å². The van der Waals surface area contributed by atoms with Gasteiger partial charge in [-0.25, -0.2) is 0 Å². The fraction of sp³-hybridized carbons (Fsp3) is 0.400. The predicted octanol–water partition coefficient (Wildman–Crippen LogP) is 5.80. The molecule has 0 fully saturated rings. The second kappa shape index (κ2) is 15.0.